The number of hydrogen-bond donors (Lipinski definition) is 5. The minimum Gasteiger partial charge on any atom is -0.505 e. The number of Topliss-reactive ketones (excluding diaryl/α,β-unsaturated/α-hetero) is 4. The summed E-state index contributed by atoms with van der Waals surface area (Å²) in [5.74, 6) is -10.4. The maximum Gasteiger partial charge on any atom is 0.235 e. The SMILES string of the molecule is CN(C)[C@H]1C(=O)C(C(N)=O)C(=O)[C@]2(O)C(=O)C3C(=O)c4c(ccc(NC5CC(C)(C)NC(C)(C)C5)c4O)C[C@@H]3C[C@H]12. The minimum atomic E-state index is -2.73. The van der Waals surface area contributed by atoms with Gasteiger partial charge in [0.2, 0.25) is 5.91 Å². The van der Waals surface area contributed by atoms with Crippen molar-refractivity contribution >= 4 is 34.7 Å². The molecule has 6 N–H and O–H groups in total. The molecular weight excluding hydrogens is 528 g/mol. The van der Waals surface area contributed by atoms with E-state index < -0.39 is 64.4 Å². The number of carbonyl (C=O) groups excluding carboxylic acids is 5. The fourth-order valence-corrected chi connectivity index (χ4v) is 8.34. The van der Waals surface area contributed by atoms with Crippen LogP contribution in [0.5, 0.6) is 5.75 Å². The first-order valence-corrected chi connectivity index (χ1v) is 14.1. The number of phenolic OH excluding ortho intramolecular Hbond substituents is 1. The highest BCUT2D eigenvalue weighted by Crippen LogP contribution is 2.51. The Hall–Kier alpha value is -3.15. The quantitative estimate of drug-likeness (QED) is 0.255. The third-order valence-electron chi connectivity index (χ3n) is 9.48. The molecule has 1 aromatic rings. The number of ketones is 4. The number of rotatable bonds is 4. The number of anilines is 1. The van der Waals surface area contributed by atoms with Crippen molar-refractivity contribution in [2.45, 2.75) is 82.1 Å². The van der Waals surface area contributed by atoms with Gasteiger partial charge >= 0.3 is 0 Å². The van der Waals surface area contributed by atoms with E-state index in [2.05, 4.69) is 38.3 Å². The molecule has 41 heavy (non-hydrogen) atoms. The van der Waals surface area contributed by atoms with E-state index in [-0.39, 0.29) is 41.3 Å². The lowest BCUT2D eigenvalue weighted by Gasteiger charge is -2.52. The molecule has 6 atom stereocenters. The van der Waals surface area contributed by atoms with Crippen molar-refractivity contribution in [3.8, 4) is 5.75 Å². The highest BCUT2D eigenvalue weighted by Gasteiger charge is 2.69. The van der Waals surface area contributed by atoms with E-state index in [1.54, 1.807) is 26.2 Å². The molecule has 4 aliphatic rings. The fourth-order valence-electron chi connectivity index (χ4n) is 8.34. The zero-order valence-electron chi connectivity index (χ0n) is 24.4. The summed E-state index contributed by atoms with van der Waals surface area (Å²) in [6.07, 6.45) is 1.82. The number of phenols is 1. The van der Waals surface area contributed by atoms with Crippen LogP contribution < -0.4 is 16.4 Å². The van der Waals surface area contributed by atoms with E-state index in [4.69, 9.17) is 5.73 Å². The Balaban J connectivity index is 1.51. The van der Waals surface area contributed by atoms with Gasteiger partial charge in [0.05, 0.1) is 23.2 Å². The lowest BCUT2D eigenvalue weighted by molar-refractivity contribution is -0.181. The van der Waals surface area contributed by atoms with Crippen molar-refractivity contribution in [3.63, 3.8) is 0 Å². The summed E-state index contributed by atoms with van der Waals surface area (Å²) in [6.45, 7) is 8.43. The lowest BCUT2D eigenvalue weighted by Crippen LogP contribution is -2.74. The van der Waals surface area contributed by atoms with E-state index in [9.17, 15) is 34.2 Å². The summed E-state index contributed by atoms with van der Waals surface area (Å²) < 4.78 is 0. The van der Waals surface area contributed by atoms with Crippen molar-refractivity contribution < 1.29 is 34.2 Å². The number of fused-ring (bicyclic) bond motifs is 3. The molecule has 1 aliphatic heterocycles. The van der Waals surface area contributed by atoms with Gasteiger partial charge in [-0.2, -0.15) is 0 Å². The molecule has 2 saturated carbocycles. The maximum absolute atomic E-state index is 14.0. The van der Waals surface area contributed by atoms with Gasteiger partial charge in [-0.05, 0) is 85.0 Å². The van der Waals surface area contributed by atoms with E-state index in [1.807, 2.05) is 0 Å². The summed E-state index contributed by atoms with van der Waals surface area (Å²) in [6, 6.07) is 2.38. The van der Waals surface area contributed by atoms with Crippen molar-refractivity contribution in [1.82, 2.24) is 10.2 Å². The maximum atomic E-state index is 14.0. The largest absolute Gasteiger partial charge is 0.505 e. The first kappa shape index (κ1) is 29.3. The number of nitrogens with one attached hydrogen (secondary N) is 2. The number of nitrogens with zero attached hydrogens (tertiary/aromatic N) is 1. The highest BCUT2D eigenvalue weighted by molar-refractivity contribution is 6.32. The molecule has 0 spiro atoms. The van der Waals surface area contributed by atoms with Crippen LogP contribution in [0.2, 0.25) is 0 Å². The third-order valence-corrected chi connectivity index (χ3v) is 9.48. The van der Waals surface area contributed by atoms with Gasteiger partial charge in [0.15, 0.2) is 34.7 Å². The number of likely N-dealkylation sites (N-methyl/N-ethyl adjacent to an activating group) is 1. The average molecular weight is 569 g/mol. The van der Waals surface area contributed by atoms with Crippen molar-refractivity contribution in [1.29, 1.82) is 0 Å². The minimum absolute atomic E-state index is 0.000482. The first-order valence-electron chi connectivity index (χ1n) is 14.1. The number of hydrogen-bond acceptors (Lipinski definition) is 10. The lowest BCUT2D eigenvalue weighted by atomic mass is 9.52. The smallest absolute Gasteiger partial charge is 0.235 e. The number of aliphatic hydroxyl groups is 1. The summed E-state index contributed by atoms with van der Waals surface area (Å²) in [5.41, 5.74) is 3.26. The molecule has 1 amide bonds. The zero-order valence-corrected chi connectivity index (χ0v) is 24.4. The zero-order chi connectivity index (χ0) is 30.4. The molecular formula is C30H40N4O7. The van der Waals surface area contributed by atoms with Gasteiger partial charge in [-0.15, -0.1) is 0 Å². The number of aromatic hydroxyl groups is 1. The van der Waals surface area contributed by atoms with Crippen LogP contribution in [0.15, 0.2) is 12.1 Å². The summed E-state index contributed by atoms with van der Waals surface area (Å²) in [4.78, 5) is 68.1. The van der Waals surface area contributed by atoms with Crippen LogP contribution in [0, 0.1) is 23.7 Å². The van der Waals surface area contributed by atoms with E-state index in [0.717, 1.165) is 12.8 Å². The number of benzene rings is 1. The Morgan fingerprint density at radius 2 is 1.66 bits per heavy atom. The molecule has 2 unspecified atom stereocenters. The molecule has 3 aliphatic carbocycles. The number of primary amides is 1. The van der Waals surface area contributed by atoms with Gasteiger partial charge in [0.25, 0.3) is 0 Å². The van der Waals surface area contributed by atoms with Crippen LogP contribution in [-0.4, -0.2) is 87.0 Å². The Morgan fingerprint density at radius 1 is 1.05 bits per heavy atom. The van der Waals surface area contributed by atoms with Gasteiger partial charge in [-0.3, -0.25) is 28.9 Å². The van der Waals surface area contributed by atoms with Crippen LogP contribution in [-0.2, 0) is 25.6 Å². The van der Waals surface area contributed by atoms with Crippen LogP contribution >= 0.6 is 0 Å². The molecule has 1 heterocycles. The average Bonchev–Trinajstić information content (AvgIpc) is 2.80. The van der Waals surface area contributed by atoms with Crippen molar-refractivity contribution in [3.05, 3.63) is 23.3 Å². The van der Waals surface area contributed by atoms with Crippen molar-refractivity contribution in [2.24, 2.45) is 29.4 Å². The summed E-state index contributed by atoms with van der Waals surface area (Å²) >= 11 is 0. The van der Waals surface area contributed by atoms with Crippen LogP contribution in [0.4, 0.5) is 5.69 Å². The summed E-state index contributed by atoms with van der Waals surface area (Å²) in [7, 11) is 3.12. The number of carbonyl (C=O) groups is 5. The molecule has 1 saturated heterocycles. The molecule has 1 aromatic carbocycles. The van der Waals surface area contributed by atoms with E-state index in [0.29, 0.717) is 11.3 Å². The topological polar surface area (TPSA) is 179 Å². The van der Waals surface area contributed by atoms with Crippen LogP contribution in [0.25, 0.3) is 0 Å². The fraction of sp³-hybridized carbons (Fsp3) is 0.633. The van der Waals surface area contributed by atoms with Gasteiger partial charge in [0.1, 0.15) is 5.75 Å². The molecule has 0 radical (unpaired) electrons. The number of amides is 1. The van der Waals surface area contributed by atoms with Gasteiger partial charge in [-0.25, -0.2) is 0 Å². The highest BCUT2D eigenvalue weighted by atomic mass is 16.3. The van der Waals surface area contributed by atoms with Gasteiger partial charge in [-0.1, -0.05) is 6.07 Å². The standard InChI is InChI=1S/C30H40N4O7/c1-28(2)11-15(12-29(3,4)33-28)32-17-8-7-13-9-14-10-16-21(34(5)6)24(37)20(27(31)40)26(39)30(16,41)25(38)19(14)23(36)18(13)22(17)35/h7-8,14-16,19-21,32-33,35,41H,9-12H2,1-6H3,(H2,31,40)/t14-,16-,19?,20?,21-,30-/m1/s1. The van der Waals surface area contributed by atoms with E-state index in [1.165, 1.54) is 4.90 Å². The molecule has 11 heteroatoms. The summed E-state index contributed by atoms with van der Waals surface area (Å²) in [5, 5.41) is 30.0. The predicted octanol–water partition coefficient (Wildman–Crippen LogP) is 0.588. The van der Waals surface area contributed by atoms with Crippen LogP contribution in [0.1, 0.15) is 62.9 Å². The molecule has 0 aromatic heterocycles. The second kappa shape index (κ2) is 9.43. The normalized spacial score (nSPS) is 34.6. The first-order chi connectivity index (χ1) is 18.9. The molecule has 11 nitrogen and oxygen atoms in total. The Bertz CT molecular complexity index is 1350. The van der Waals surface area contributed by atoms with Crippen LogP contribution in [0.3, 0.4) is 0 Å². The second-order valence-corrected chi connectivity index (χ2v) is 13.9. The monoisotopic (exact) mass is 568 g/mol. The Labute approximate surface area is 239 Å². The molecule has 0 bridgehead atoms. The Kier molecular flexibility index (Phi) is 6.75. The number of piperidine rings is 1. The third kappa shape index (κ3) is 4.49. The molecule has 222 valence electrons. The molecule has 5 rings (SSSR count). The van der Waals surface area contributed by atoms with Gasteiger partial charge < -0.3 is 26.6 Å². The second-order valence-electron chi connectivity index (χ2n) is 13.9. The van der Waals surface area contributed by atoms with E-state index >= 15 is 0 Å². The molecule has 3 fully saturated rings. The predicted molar refractivity (Wildman–Crippen MR) is 149 cm³/mol. The van der Waals surface area contributed by atoms with Gasteiger partial charge in [0, 0.05) is 23.0 Å². The van der Waals surface area contributed by atoms with Crippen molar-refractivity contribution in [2.75, 3.05) is 19.4 Å². The Morgan fingerprint density at radius 3 is 2.22 bits per heavy atom. The number of nitrogens with two attached hydrogens (primary N) is 1.